The van der Waals surface area contributed by atoms with E-state index >= 15 is 0 Å². The largest absolute Gasteiger partial charge is 0.380 e. The van der Waals surface area contributed by atoms with Crippen LogP contribution in [0.4, 0.5) is 0 Å². The van der Waals surface area contributed by atoms with Crippen LogP contribution in [0.5, 0.6) is 0 Å². The zero-order chi connectivity index (χ0) is 11.9. The van der Waals surface area contributed by atoms with Crippen LogP contribution < -0.4 is 0 Å². The maximum Gasteiger partial charge on any atom is 0.380 e. The van der Waals surface area contributed by atoms with E-state index in [2.05, 4.69) is 20.8 Å². The summed E-state index contributed by atoms with van der Waals surface area (Å²) >= 11 is 10.7. The number of halogens is 2. The van der Waals surface area contributed by atoms with Crippen LogP contribution in [0.3, 0.4) is 0 Å². The Balaban J connectivity index is 4.15. The predicted molar refractivity (Wildman–Crippen MR) is 67.7 cm³/mol. The van der Waals surface area contributed by atoms with Gasteiger partial charge in [0.2, 0.25) is 0 Å². The first-order chi connectivity index (χ1) is 6.94. The van der Waals surface area contributed by atoms with Crippen LogP contribution in [-0.2, 0) is 9.09 Å². The molecule has 15 heavy (non-hydrogen) atoms. The molecule has 2 unspecified atom stereocenters. The summed E-state index contributed by atoms with van der Waals surface area (Å²) in [7, 11) is 0. The van der Waals surface area contributed by atoms with Crippen LogP contribution in [0.1, 0.15) is 46.5 Å². The molecule has 0 rings (SSSR count). The first-order valence-corrected chi connectivity index (χ1v) is 9.01. The number of rotatable bonds is 8. The Labute approximate surface area is 103 Å². The Hall–Kier alpha value is 0.770. The highest BCUT2D eigenvalue weighted by Gasteiger charge is 2.22. The molecule has 0 bridgehead atoms. The Morgan fingerprint density at radius 2 is 1.67 bits per heavy atom. The van der Waals surface area contributed by atoms with E-state index in [1.54, 1.807) is 0 Å². The third-order valence-corrected chi connectivity index (χ3v) is 3.85. The van der Waals surface area contributed by atoms with Crippen molar-refractivity contribution in [2.45, 2.75) is 46.5 Å². The lowest BCUT2D eigenvalue weighted by atomic mass is 9.85. The molecule has 0 aromatic carbocycles. The Bertz CT molecular complexity index is 206. The topological polar surface area (TPSA) is 26.3 Å². The van der Waals surface area contributed by atoms with E-state index in [4.69, 9.17) is 27.0 Å². The fourth-order valence-electron chi connectivity index (χ4n) is 1.91. The summed E-state index contributed by atoms with van der Waals surface area (Å²) in [5.41, 5.74) is 0. The predicted octanol–water partition coefficient (Wildman–Crippen LogP) is 5.44. The summed E-state index contributed by atoms with van der Waals surface area (Å²) in [6, 6.07) is 0. The van der Waals surface area contributed by atoms with Crippen LogP contribution in [0.15, 0.2) is 0 Å². The molecule has 2 atom stereocenters. The molecule has 92 valence electrons. The average molecular weight is 275 g/mol. The van der Waals surface area contributed by atoms with Crippen molar-refractivity contribution in [3.8, 4) is 0 Å². The number of hydrogen-bond acceptors (Lipinski definition) is 2. The smallest absolute Gasteiger partial charge is 0.306 e. The van der Waals surface area contributed by atoms with Crippen molar-refractivity contribution in [3.05, 3.63) is 0 Å². The molecule has 0 amide bonds. The molecule has 0 aliphatic rings. The third kappa shape index (κ3) is 7.63. The second kappa shape index (κ2) is 7.95. The van der Waals surface area contributed by atoms with E-state index < -0.39 is 6.07 Å². The molecule has 0 aromatic rings. The SMILES string of the molecule is CCCC(CC)C(CC)COP(=O)(Cl)Cl. The van der Waals surface area contributed by atoms with E-state index in [1.807, 2.05) is 0 Å². The molecule has 0 aliphatic heterocycles. The Morgan fingerprint density at radius 1 is 1.13 bits per heavy atom. The maximum absolute atomic E-state index is 11.0. The lowest BCUT2D eigenvalue weighted by molar-refractivity contribution is 0.186. The van der Waals surface area contributed by atoms with Crippen LogP contribution >= 0.6 is 28.6 Å². The minimum atomic E-state index is -3.36. The van der Waals surface area contributed by atoms with Gasteiger partial charge in [0.25, 0.3) is 0 Å². The van der Waals surface area contributed by atoms with Gasteiger partial charge in [-0.1, -0.05) is 46.5 Å². The molecule has 0 saturated heterocycles. The normalized spacial score (nSPS) is 16.3. The maximum atomic E-state index is 11.0. The van der Waals surface area contributed by atoms with Crippen LogP contribution in [0.2, 0.25) is 0 Å². The molecule has 2 nitrogen and oxygen atoms in total. The fourth-order valence-corrected chi connectivity index (χ4v) is 2.62. The molecule has 0 fully saturated rings. The standard InChI is InChI=1S/C10H21Cl2O2P/c1-4-7-9(5-2)10(6-3)8-14-15(11,12)13/h9-10H,4-8H2,1-3H3. The van der Waals surface area contributed by atoms with Gasteiger partial charge < -0.3 is 4.52 Å². The van der Waals surface area contributed by atoms with E-state index in [0.29, 0.717) is 18.4 Å². The van der Waals surface area contributed by atoms with E-state index in [-0.39, 0.29) is 0 Å². The van der Waals surface area contributed by atoms with Gasteiger partial charge in [-0.05, 0) is 34.3 Å². The van der Waals surface area contributed by atoms with Gasteiger partial charge in [0.05, 0.1) is 6.61 Å². The van der Waals surface area contributed by atoms with Gasteiger partial charge in [-0.3, -0.25) is 4.57 Å². The van der Waals surface area contributed by atoms with E-state index in [1.165, 1.54) is 6.42 Å². The molecule has 0 N–H and O–H groups in total. The van der Waals surface area contributed by atoms with Gasteiger partial charge >= 0.3 is 6.07 Å². The van der Waals surface area contributed by atoms with E-state index in [0.717, 1.165) is 19.3 Å². The summed E-state index contributed by atoms with van der Waals surface area (Å²) in [5, 5.41) is 0. The van der Waals surface area contributed by atoms with Crippen molar-refractivity contribution in [2.24, 2.45) is 11.8 Å². The molecule has 0 heterocycles. The second-order valence-corrected chi connectivity index (χ2v) is 8.11. The second-order valence-electron chi connectivity index (χ2n) is 3.84. The van der Waals surface area contributed by atoms with Crippen LogP contribution in [0, 0.1) is 11.8 Å². The lowest BCUT2D eigenvalue weighted by Crippen LogP contribution is -2.18. The molecule has 0 spiro atoms. The molecule has 5 heteroatoms. The highest BCUT2D eigenvalue weighted by atomic mass is 35.9. The fraction of sp³-hybridized carbons (Fsp3) is 1.00. The van der Waals surface area contributed by atoms with Crippen molar-refractivity contribution >= 4 is 28.6 Å². The minimum Gasteiger partial charge on any atom is -0.306 e. The summed E-state index contributed by atoms with van der Waals surface area (Å²) in [4.78, 5) is 0. The molecule has 0 saturated carbocycles. The van der Waals surface area contributed by atoms with Gasteiger partial charge in [0.1, 0.15) is 0 Å². The summed E-state index contributed by atoms with van der Waals surface area (Å²) < 4.78 is 16.0. The van der Waals surface area contributed by atoms with Gasteiger partial charge in [0.15, 0.2) is 0 Å². The highest BCUT2D eigenvalue weighted by Crippen LogP contribution is 2.58. The molecular formula is C10H21Cl2O2P. The van der Waals surface area contributed by atoms with Crippen molar-refractivity contribution in [1.82, 2.24) is 0 Å². The first kappa shape index (κ1) is 15.8. The van der Waals surface area contributed by atoms with Crippen LogP contribution in [0.25, 0.3) is 0 Å². The zero-order valence-corrected chi connectivity index (χ0v) is 12.1. The third-order valence-electron chi connectivity index (χ3n) is 2.81. The van der Waals surface area contributed by atoms with Crippen molar-refractivity contribution in [2.75, 3.05) is 6.61 Å². The van der Waals surface area contributed by atoms with Crippen LogP contribution in [-0.4, -0.2) is 6.61 Å². The van der Waals surface area contributed by atoms with Gasteiger partial charge in [0, 0.05) is 0 Å². The summed E-state index contributed by atoms with van der Waals surface area (Å²) in [6.07, 6.45) is 1.10. The number of hydrogen-bond donors (Lipinski definition) is 0. The Kier molecular flexibility index (Phi) is 8.36. The van der Waals surface area contributed by atoms with Gasteiger partial charge in [-0.25, -0.2) is 0 Å². The molecular weight excluding hydrogens is 254 g/mol. The Morgan fingerprint density at radius 3 is 2.00 bits per heavy atom. The highest BCUT2D eigenvalue weighted by molar-refractivity contribution is 8.05. The first-order valence-electron chi connectivity index (χ1n) is 5.58. The molecule has 0 radical (unpaired) electrons. The van der Waals surface area contributed by atoms with Crippen molar-refractivity contribution in [3.63, 3.8) is 0 Å². The van der Waals surface area contributed by atoms with Gasteiger partial charge in [-0.15, -0.1) is 0 Å². The quantitative estimate of drug-likeness (QED) is 0.551. The summed E-state index contributed by atoms with van der Waals surface area (Å²) in [5.74, 6) is 1.01. The lowest BCUT2D eigenvalue weighted by Gasteiger charge is -2.24. The molecule has 0 aliphatic carbocycles. The van der Waals surface area contributed by atoms with Gasteiger partial charge in [-0.2, -0.15) is 0 Å². The minimum absolute atomic E-state index is 0.402. The van der Waals surface area contributed by atoms with E-state index in [9.17, 15) is 4.57 Å². The zero-order valence-electron chi connectivity index (χ0n) is 9.71. The monoisotopic (exact) mass is 274 g/mol. The van der Waals surface area contributed by atoms with Crippen molar-refractivity contribution < 1.29 is 9.09 Å². The summed E-state index contributed by atoms with van der Waals surface area (Å²) in [6.45, 7) is 6.85. The molecule has 0 aromatic heterocycles. The average Bonchev–Trinajstić information content (AvgIpc) is 2.15. The van der Waals surface area contributed by atoms with Crippen molar-refractivity contribution in [1.29, 1.82) is 0 Å².